The first-order valence-electron chi connectivity index (χ1n) is 13.6. The van der Waals surface area contributed by atoms with Gasteiger partial charge in [0.05, 0.1) is 35.8 Å². The molecule has 9 nitrogen and oxygen atoms in total. The Balaban J connectivity index is 1.43. The van der Waals surface area contributed by atoms with E-state index in [1.807, 2.05) is 43.3 Å². The average molecular weight is 597 g/mol. The average Bonchev–Trinajstić information content (AvgIpc) is 3.60. The Kier molecular flexibility index (Phi) is 7.45. The Morgan fingerprint density at radius 3 is 2.67 bits per heavy atom. The van der Waals surface area contributed by atoms with Crippen molar-refractivity contribution in [2.45, 2.75) is 25.4 Å². The topological polar surface area (TPSA) is 118 Å². The number of carbonyl (C=O) groups is 3. The number of esters is 1. The van der Waals surface area contributed by atoms with Crippen LogP contribution in [-0.4, -0.2) is 47.1 Å². The van der Waals surface area contributed by atoms with Crippen LogP contribution in [0.3, 0.4) is 0 Å². The second-order valence-electron chi connectivity index (χ2n) is 9.99. The van der Waals surface area contributed by atoms with Gasteiger partial charge in [-0.3, -0.25) is 9.69 Å². The van der Waals surface area contributed by atoms with Crippen LogP contribution in [0.4, 0.5) is 0 Å². The highest BCUT2D eigenvalue weighted by atomic mass is 32.2. The van der Waals surface area contributed by atoms with Crippen LogP contribution in [0, 0.1) is 0 Å². The summed E-state index contributed by atoms with van der Waals surface area (Å²) in [5.41, 5.74) is 1.89. The molecule has 0 radical (unpaired) electrons. The lowest BCUT2D eigenvalue weighted by Gasteiger charge is -2.40. The van der Waals surface area contributed by atoms with Crippen molar-refractivity contribution in [1.29, 1.82) is 0 Å². The summed E-state index contributed by atoms with van der Waals surface area (Å²) in [5, 5.41) is 14.5. The lowest BCUT2D eigenvalue weighted by atomic mass is 9.89. The molecule has 1 saturated heterocycles. The normalized spacial score (nSPS) is 19.0. The molecule has 2 aliphatic heterocycles. The van der Waals surface area contributed by atoms with Crippen LogP contribution in [0.15, 0.2) is 93.4 Å². The number of furan rings is 1. The first-order chi connectivity index (χ1) is 20.8. The second-order valence-corrected chi connectivity index (χ2v) is 11.1. The summed E-state index contributed by atoms with van der Waals surface area (Å²) < 4.78 is 17.3. The van der Waals surface area contributed by atoms with Gasteiger partial charge in [-0.15, -0.1) is 0 Å². The number of thioether (sulfide) groups is 1. The molecule has 2 atom stereocenters. The molecule has 1 fully saturated rings. The number of benzene rings is 3. The number of allylic oxidation sites excluding steroid dienone is 1. The minimum Gasteiger partial charge on any atom is -0.496 e. The molecule has 2 unspecified atom stereocenters. The highest BCUT2D eigenvalue weighted by Crippen LogP contribution is 2.50. The molecule has 0 spiro atoms. The maximum Gasteiger partial charge on any atom is 0.338 e. The number of rotatable bonds is 7. The summed E-state index contributed by atoms with van der Waals surface area (Å²) >= 11 is 1.32. The van der Waals surface area contributed by atoms with E-state index < -0.39 is 23.5 Å². The van der Waals surface area contributed by atoms with E-state index in [2.05, 4.69) is 5.32 Å². The number of aromatic carboxylic acids is 1. The van der Waals surface area contributed by atoms with Gasteiger partial charge >= 0.3 is 11.9 Å². The molecular formula is C33H28N2O7S. The first-order valence-corrected chi connectivity index (χ1v) is 14.5. The fraction of sp³-hybridized carbons (Fsp3) is 0.182. The highest BCUT2D eigenvalue weighted by Gasteiger charge is 2.49. The van der Waals surface area contributed by atoms with Crippen molar-refractivity contribution >= 4 is 46.5 Å². The predicted octanol–water partition coefficient (Wildman–Crippen LogP) is 6.19. The van der Waals surface area contributed by atoms with E-state index in [0.717, 1.165) is 10.8 Å². The molecule has 43 heavy (non-hydrogen) atoms. The van der Waals surface area contributed by atoms with Crippen molar-refractivity contribution in [3.8, 4) is 17.1 Å². The smallest absolute Gasteiger partial charge is 0.338 e. The van der Waals surface area contributed by atoms with Gasteiger partial charge < -0.3 is 24.3 Å². The van der Waals surface area contributed by atoms with E-state index in [1.54, 1.807) is 49.3 Å². The van der Waals surface area contributed by atoms with Gasteiger partial charge in [0, 0.05) is 22.9 Å². The Bertz CT molecular complexity index is 1840. The molecule has 3 heterocycles. The fourth-order valence-electron chi connectivity index (χ4n) is 5.53. The molecule has 6 rings (SSSR count). The van der Waals surface area contributed by atoms with Crippen LogP contribution in [0.1, 0.15) is 41.6 Å². The number of hydrogen-bond donors (Lipinski definition) is 2. The summed E-state index contributed by atoms with van der Waals surface area (Å²) in [5.74, 6) is -0.379. The van der Waals surface area contributed by atoms with Gasteiger partial charge in [-0.25, -0.2) is 9.59 Å². The van der Waals surface area contributed by atoms with E-state index in [-0.39, 0.29) is 18.1 Å². The molecule has 2 N–H and O–H groups in total. The van der Waals surface area contributed by atoms with Crippen LogP contribution in [-0.2, 0) is 14.3 Å². The number of amides is 1. The van der Waals surface area contributed by atoms with E-state index >= 15 is 0 Å². The minimum atomic E-state index is -1.03. The Morgan fingerprint density at radius 2 is 1.91 bits per heavy atom. The Morgan fingerprint density at radius 1 is 1.09 bits per heavy atom. The van der Waals surface area contributed by atoms with Gasteiger partial charge in [-0.05, 0) is 55.0 Å². The molecule has 218 valence electrons. The minimum absolute atomic E-state index is 0.147. The molecule has 0 saturated carbocycles. The van der Waals surface area contributed by atoms with Gasteiger partial charge in [0.15, 0.2) is 5.50 Å². The lowest BCUT2D eigenvalue weighted by molar-refractivity contribution is -0.140. The van der Waals surface area contributed by atoms with Crippen molar-refractivity contribution < 1.29 is 33.4 Å². The Labute approximate surface area is 251 Å². The third-order valence-corrected chi connectivity index (χ3v) is 8.56. The summed E-state index contributed by atoms with van der Waals surface area (Å²) in [6, 6.07) is 20.7. The number of hydrogen-bond acceptors (Lipinski definition) is 8. The van der Waals surface area contributed by atoms with Gasteiger partial charge in [0.1, 0.15) is 17.3 Å². The Hall–Kier alpha value is -4.96. The van der Waals surface area contributed by atoms with Crippen LogP contribution < -0.4 is 10.1 Å². The standard InChI is InChI=1S/C33H28N2O7S/c1-4-41-32(39)27-18(2)34-33-35(29(27)28-23-11-6-5-8-19(23)12-14-25(28)40-3)30(36)26(43-33)17-22-13-15-24(42-22)20-9-7-10-21(16-20)31(37)38/h5-17,29,33-34H,4H2,1-3H3,(H,37,38)/b26-17-. The number of carboxylic acid groups (broad SMARTS) is 1. The molecule has 2 aliphatic rings. The third-order valence-electron chi connectivity index (χ3n) is 7.45. The lowest BCUT2D eigenvalue weighted by Crippen LogP contribution is -2.50. The zero-order chi connectivity index (χ0) is 30.2. The SMILES string of the molecule is CCOC(=O)C1=C(C)NC2S/C(=C\c3ccc(-c4cccc(C(=O)O)c4)o3)C(=O)N2C1c1c(OC)ccc2ccccc12. The number of carbonyl (C=O) groups excluding carboxylic acids is 2. The zero-order valence-electron chi connectivity index (χ0n) is 23.6. The van der Waals surface area contributed by atoms with Crippen molar-refractivity contribution in [3.63, 3.8) is 0 Å². The van der Waals surface area contributed by atoms with E-state index in [1.165, 1.54) is 23.9 Å². The van der Waals surface area contributed by atoms with Crippen LogP contribution in [0.2, 0.25) is 0 Å². The molecule has 3 aromatic carbocycles. The number of carboxylic acids is 1. The number of nitrogens with one attached hydrogen (secondary N) is 1. The monoisotopic (exact) mass is 596 g/mol. The molecule has 1 amide bonds. The molecule has 10 heteroatoms. The van der Waals surface area contributed by atoms with Crippen LogP contribution in [0.5, 0.6) is 5.75 Å². The van der Waals surface area contributed by atoms with E-state index in [9.17, 15) is 19.5 Å². The molecule has 4 aromatic rings. The molecule has 1 aromatic heterocycles. The van der Waals surface area contributed by atoms with Crippen molar-refractivity contribution in [2.24, 2.45) is 0 Å². The summed E-state index contributed by atoms with van der Waals surface area (Å²) in [4.78, 5) is 41.1. The van der Waals surface area contributed by atoms with Gasteiger partial charge in [0.25, 0.3) is 5.91 Å². The molecule has 0 bridgehead atoms. The van der Waals surface area contributed by atoms with Gasteiger partial charge in [0.2, 0.25) is 0 Å². The van der Waals surface area contributed by atoms with Crippen molar-refractivity contribution in [3.05, 3.63) is 106 Å². The van der Waals surface area contributed by atoms with Crippen molar-refractivity contribution in [1.82, 2.24) is 10.2 Å². The summed E-state index contributed by atoms with van der Waals surface area (Å²) in [6.45, 7) is 3.74. The zero-order valence-corrected chi connectivity index (χ0v) is 24.4. The number of nitrogens with zero attached hydrogens (tertiary/aromatic N) is 1. The molecule has 0 aliphatic carbocycles. The van der Waals surface area contributed by atoms with Crippen molar-refractivity contribution in [2.75, 3.05) is 13.7 Å². The summed E-state index contributed by atoms with van der Waals surface area (Å²) in [6.07, 6.45) is 1.66. The summed E-state index contributed by atoms with van der Waals surface area (Å²) in [7, 11) is 1.57. The van der Waals surface area contributed by atoms with E-state index in [0.29, 0.717) is 44.6 Å². The fourth-order valence-corrected chi connectivity index (χ4v) is 6.73. The maximum absolute atomic E-state index is 14.2. The second kappa shape index (κ2) is 11.4. The van der Waals surface area contributed by atoms with Crippen LogP contribution >= 0.6 is 11.8 Å². The maximum atomic E-state index is 14.2. The number of ether oxygens (including phenoxy) is 2. The highest BCUT2D eigenvalue weighted by molar-refractivity contribution is 8.05. The number of methoxy groups -OCH3 is 1. The first kappa shape index (κ1) is 28.2. The van der Waals surface area contributed by atoms with Crippen LogP contribution in [0.25, 0.3) is 28.2 Å². The van der Waals surface area contributed by atoms with Gasteiger partial charge in [-0.1, -0.05) is 54.2 Å². The van der Waals surface area contributed by atoms with Gasteiger partial charge in [-0.2, -0.15) is 0 Å². The number of fused-ring (bicyclic) bond motifs is 2. The molecular weight excluding hydrogens is 568 g/mol. The predicted molar refractivity (Wildman–Crippen MR) is 163 cm³/mol. The van der Waals surface area contributed by atoms with E-state index in [4.69, 9.17) is 13.9 Å². The third kappa shape index (κ3) is 5.03. The largest absolute Gasteiger partial charge is 0.496 e. The quantitative estimate of drug-likeness (QED) is 0.190.